The highest BCUT2D eigenvalue weighted by atomic mass is 35.5. The molecule has 0 amide bonds. The molecular weight excluding hydrogens is 234 g/mol. The van der Waals surface area contributed by atoms with Gasteiger partial charge in [-0.3, -0.25) is 0 Å². The standard InChI is InChI=1S/C14H24NO.ClH/c1-11-8-7-9-12(2)14(11)16-10-13(3)15(4,5)6;/h7-9,13H,10H2,1-6H3;1H/q+1;/p-1. The molecule has 0 bridgehead atoms. The van der Waals surface area contributed by atoms with Gasteiger partial charge in [-0.25, -0.2) is 0 Å². The van der Waals surface area contributed by atoms with Crippen LogP contribution in [0.1, 0.15) is 18.1 Å². The molecule has 0 fully saturated rings. The van der Waals surface area contributed by atoms with Crippen LogP contribution in [0.5, 0.6) is 5.75 Å². The van der Waals surface area contributed by atoms with Crippen molar-refractivity contribution in [3.63, 3.8) is 0 Å². The van der Waals surface area contributed by atoms with E-state index in [-0.39, 0.29) is 12.4 Å². The van der Waals surface area contributed by atoms with Crippen LogP contribution in [0.2, 0.25) is 0 Å². The third kappa shape index (κ3) is 4.57. The molecule has 0 saturated carbocycles. The van der Waals surface area contributed by atoms with Crippen LogP contribution in [0.4, 0.5) is 0 Å². The first-order chi connectivity index (χ1) is 7.32. The van der Waals surface area contributed by atoms with E-state index in [0.717, 1.165) is 16.8 Å². The SMILES string of the molecule is Cc1cccc(C)c1OCC(C)[N+](C)(C)C.[Cl-]. The Bertz CT molecular complexity index is 337. The number of para-hydroxylation sites is 1. The van der Waals surface area contributed by atoms with E-state index in [4.69, 9.17) is 4.74 Å². The second-order valence-electron chi connectivity index (χ2n) is 5.50. The van der Waals surface area contributed by atoms with E-state index in [1.165, 1.54) is 11.1 Å². The number of ether oxygens (including phenoxy) is 1. The zero-order chi connectivity index (χ0) is 12.3. The molecule has 0 aromatic heterocycles. The van der Waals surface area contributed by atoms with E-state index in [1.54, 1.807) is 0 Å². The zero-order valence-corrected chi connectivity index (χ0v) is 12.5. The predicted molar refractivity (Wildman–Crippen MR) is 68.9 cm³/mol. The van der Waals surface area contributed by atoms with Gasteiger partial charge in [-0.05, 0) is 31.9 Å². The van der Waals surface area contributed by atoms with Crippen molar-refractivity contribution in [1.82, 2.24) is 0 Å². The van der Waals surface area contributed by atoms with Crippen LogP contribution in [0.25, 0.3) is 0 Å². The third-order valence-corrected chi connectivity index (χ3v) is 3.20. The molecule has 0 aliphatic heterocycles. The first-order valence-electron chi connectivity index (χ1n) is 5.82. The Hall–Kier alpha value is -0.730. The highest BCUT2D eigenvalue weighted by Crippen LogP contribution is 2.22. The summed E-state index contributed by atoms with van der Waals surface area (Å²) in [6.07, 6.45) is 0. The lowest BCUT2D eigenvalue weighted by molar-refractivity contribution is -0.894. The van der Waals surface area contributed by atoms with Crippen molar-refractivity contribution in [2.24, 2.45) is 0 Å². The first-order valence-corrected chi connectivity index (χ1v) is 5.82. The van der Waals surface area contributed by atoms with E-state index in [0.29, 0.717) is 6.04 Å². The highest BCUT2D eigenvalue weighted by molar-refractivity contribution is 5.39. The fourth-order valence-electron chi connectivity index (χ4n) is 1.45. The number of quaternary nitrogens is 1. The fourth-order valence-corrected chi connectivity index (χ4v) is 1.45. The smallest absolute Gasteiger partial charge is 0.140 e. The molecule has 0 aliphatic rings. The van der Waals surface area contributed by atoms with Gasteiger partial charge in [-0.2, -0.15) is 0 Å². The van der Waals surface area contributed by atoms with Gasteiger partial charge in [0, 0.05) is 0 Å². The largest absolute Gasteiger partial charge is 1.00 e. The number of rotatable bonds is 4. The number of likely N-dealkylation sites (N-methyl/N-ethyl adjacent to an activating group) is 1. The summed E-state index contributed by atoms with van der Waals surface area (Å²) >= 11 is 0. The second-order valence-corrected chi connectivity index (χ2v) is 5.50. The van der Waals surface area contributed by atoms with Crippen LogP contribution in [-0.4, -0.2) is 38.3 Å². The molecule has 0 spiro atoms. The molecule has 0 aliphatic carbocycles. The number of hydrogen-bond acceptors (Lipinski definition) is 1. The average Bonchev–Trinajstić information content (AvgIpc) is 2.15. The summed E-state index contributed by atoms with van der Waals surface area (Å²) in [5, 5.41) is 0. The molecule has 1 aromatic carbocycles. The predicted octanol–water partition coefficient (Wildman–Crippen LogP) is -0.219. The highest BCUT2D eigenvalue weighted by Gasteiger charge is 2.19. The van der Waals surface area contributed by atoms with E-state index in [1.807, 2.05) is 0 Å². The second kappa shape index (κ2) is 6.27. The van der Waals surface area contributed by atoms with E-state index < -0.39 is 0 Å². The molecule has 1 unspecified atom stereocenters. The maximum atomic E-state index is 5.94. The van der Waals surface area contributed by atoms with Crippen LogP contribution < -0.4 is 17.1 Å². The minimum absolute atomic E-state index is 0. The number of halogens is 1. The Balaban J connectivity index is 0.00000256. The van der Waals surface area contributed by atoms with Crippen molar-refractivity contribution in [2.45, 2.75) is 26.8 Å². The molecule has 1 aromatic rings. The van der Waals surface area contributed by atoms with Gasteiger partial charge in [-0.1, -0.05) is 18.2 Å². The summed E-state index contributed by atoms with van der Waals surface area (Å²) in [5.74, 6) is 1.04. The minimum Gasteiger partial charge on any atom is -1.00 e. The Morgan fingerprint density at radius 1 is 1.12 bits per heavy atom. The average molecular weight is 258 g/mol. The van der Waals surface area contributed by atoms with Crippen molar-refractivity contribution in [3.8, 4) is 5.75 Å². The summed E-state index contributed by atoms with van der Waals surface area (Å²) in [6.45, 7) is 7.17. The van der Waals surface area contributed by atoms with Gasteiger partial charge in [0.25, 0.3) is 0 Å². The normalized spacial score (nSPS) is 12.8. The Labute approximate surface area is 112 Å². The molecule has 0 N–H and O–H groups in total. The molecule has 1 rings (SSSR count). The van der Waals surface area contributed by atoms with Crippen molar-refractivity contribution < 1.29 is 21.6 Å². The van der Waals surface area contributed by atoms with E-state index in [2.05, 4.69) is 60.1 Å². The van der Waals surface area contributed by atoms with Gasteiger partial charge in [0.15, 0.2) is 0 Å². The third-order valence-electron chi connectivity index (χ3n) is 3.20. The van der Waals surface area contributed by atoms with Gasteiger partial charge in [0.05, 0.1) is 21.1 Å². The lowest BCUT2D eigenvalue weighted by Crippen LogP contribution is -3.00. The van der Waals surface area contributed by atoms with Crippen LogP contribution in [0.3, 0.4) is 0 Å². The Morgan fingerprint density at radius 2 is 1.59 bits per heavy atom. The molecule has 17 heavy (non-hydrogen) atoms. The van der Waals surface area contributed by atoms with Crippen molar-refractivity contribution >= 4 is 0 Å². The van der Waals surface area contributed by atoms with Crippen LogP contribution in [0, 0.1) is 13.8 Å². The molecular formula is C14H24ClNO. The monoisotopic (exact) mass is 257 g/mol. The van der Waals surface area contributed by atoms with Gasteiger partial charge < -0.3 is 21.6 Å². The summed E-state index contributed by atoms with van der Waals surface area (Å²) in [6, 6.07) is 6.75. The molecule has 1 atom stereocenters. The lowest BCUT2D eigenvalue weighted by Gasteiger charge is -2.31. The molecule has 98 valence electrons. The van der Waals surface area contributed by atoms with E-state index >= 15 is 0 Å². The minimum atomic E-state index is 0. The maximum absolute atomic E-state index is 5.94. The van der Waals surface area contributed by atoms with Crippen LogP contribution in [-0.2, 0) is 0 Å². The lowest BCUT2D eigenvalue weighted by atomic mass is 10.1. The maximum Gasteiger partial charge on any atom is 0.140 e. The van der Waals surface area contributed by atoms with Gasteiger partial charge in [0.1, 0.15) is 18.4 Å². The van der Waals surface area contributed by atoms with Crippen molar-refractivity contribution in [1.29, 1.82) is 0 Å². The number of nitrogens with zero attached hydrogens (tertiary/aromatic N) is 1. The number of benzene rings is 1. The van der Waals surface area contributed by atoms with Gasteiger partial charge in [0.2, 0.25) is 0 Å². The first kappa shape index (κ1) is 16.3. The quantitative estimate of drug-likeness (QED) is 0.678. The van der Waals surface area contributed by atoms with Crippen molar-refractivity contribution in [3.05, 3.63) is 29.3 Å². The van der Waals surface area contributed by atoms with Gasteiger partial charge in [-0.15, -0.1) is 0 Å². The number of aryl methyl sites for hydroxylation is 2. The molecule has 3 heteroatoms. The summed E-state index contributed by atoms with van der Waals surface area (Å²) < 4.78 is 6.86. The summed E-state index contributed by atoms with van der Waals surface area (Å²) in [5.41, 5.74) is 2.43. The zero-order valence-electron chi connectivity index (χ0n) is 11.7. The van der Waals surface area contributed by atoms with E-state index in [9.17, 15) is 0 Å². The van der Waals surface area contributed by atoms with Gasteiger partial charge >= 0.3 is 0 Å². The molecule has 2 nitrogen and oxygen atoms in total. The molecule has 0 radical (unpaired) electrons. The molecule has 0 saturated heterocycles. The summed E-state index contributed by atoms with van der Waals surface area (Å²) in [7, 11) is 6.58. The Kier molecular flexibility index (Phi) is 6.00. The fraction of sp³-hybridized carbons (Fsp3) is 0.571. The van der Waals surface area contributed by atoms with Crippen molar-refractivity contribution in [2.75, 3.05) is 27.7 Å². The Morgan fingerprint density at radius 3 is 2.00 bits per heavy atom. The number of hydrogen-bond donors (Lipinski definition) is 0. The molecule has 0 heterocycles. The van der Waals surface area contributed by atoms with Crippen LogP contribution >= 0.6 is 0 Å². The summed E-state index contributed by atoms with van der Waals surface area (Å²) in [4.78, 5) is 0. The topological polar surface area (TPSA) is 9.23 Å². The van der Waals surface area contributed by atoms with Crippen LogP contribution in [0.15, 0.2) is 18.2 Å².